The Bertz CT molecular complexity index is 800. The predicted octanol–water partition coefficient (Wildman–Crippen LogP) is 4.96. The van der Waals surface area contributed by atoms with Crippen LogP contribution < -0.4 is 19.7 Å². The molecule has 0 aromatic heterocycles. The highest BCUT2D eigenvalue weighted by Gasteiger charge is 2.09. The van der Waals surface area contributed by atoms with Gasteiger partial charge in [0.25, 0.3) is 0 Å². The van der Waals surface area contributed by atoms with Gasteiger partial charge in [0, 0.05) is 30.5 Å². The van der Waals surface area contributed by atoms with E-state index in [0.29, 0.717) is 11.5 Å². The molecule has 0 fully saturated rings. The van der Waals surface area contributed by atoms with Gasteiger partial charge in [0.1, 0.15) is 0 Å². The Labute approximate surface area is 169 Å². The minimum absolute atomic E-state index is 0.198. The summed E-state index contributed by atoms with van der Waals surface area (Å²) in [5.74, 6) is 1.02. The van der Waals surface area contributed by atoms with E-state index < -0.39 is 0 Å². The van der Waals surface area contributed by atoms with E-state index >= 15 is 0 Å². The van der Waals surface area contributed by atoms with Crippen LogP contribution in [0.5, 0.6) is 11.5 Å². The molecule has 0 unspecified atom stereocenters. The van der Waals surface area contributed by atoms with E-state index in [0.717, 1.165) is 34.5 Å². The summed E-state index contributed by atoms with van der Waals surface area (Å²) in [5, 5.41) is 2.87. The summed E-state index contributed by atoms with van der Waals surface area (Å²) < 4.78 is 11.4. The molecule has 6 heteroatoms. The lowest BCUT2D eigenvalue weighted by Gasteiger charge is -2.21. The summed E-state index contributed by atoms with van der Waals surface area (Å²) in [6.07, 6.45) is 3.22. The van der Waals surface area contributed by atoms with Crippen molar-refractivity contribution in [1.82, 2.24) is 0 Å². The molecule has 1 N–H and O–H groups in total. The third kappa shape index (κ3) is 5.50. The van der Waals surface area contributed by atoms with Gasteiger partial charge in [-0.15, -0.1) is 0 Å². The monoisotopic (exact) mass is 432 g/mol. The van der Waals surface area contributed by atoms with Gasteiger partial charge in [0.2, 0.25) is 5.91 Å². The molecule has 1 amide bonds. The molecule has 2 aromatic rings. The minimum atomic E-state index is -0.198. The van der Waals surface area contributed by atoms with Gasteiger partial charge in [-0.2, -0.15) is 0 Å². The minimum Gasteiger partial charge on any atom is -0.493 e. The number of nitrogens with one attached hydrogen (secondary N) is 1. The molecule has 0 aliphatic carbocycles. The first kappa shape index (κ1) is 20.8. The lowest BCUT2D eigenvalue weighted by atomic mass is 10.2. The van der Waals surface area contributed by atoms with Gasteiger partial charge in [-0.05, 0) is 77.8 Å². The van der Waals surface area contributed by atoms with Crippen molar-refractivity contribution in [2.75, 3.05) is 37.5 Å². The largest absolute Gasteiger partial charge is 0.493 e. The van der Waals surface area contributed by atoms with Crippen LogP contribution in [0.4, 0.5) is 11.4 Å². The van der Waals surface area contributed by atoms with Gasteiger partial charge >= 0.3 is 0 Å². The summed E-state index contributed by atoms with van der Waals surface area (Å²) in [5.41, 5.74) is 2.73. The summed E-state index contributed by atoms with van der Waals surface area (Å²) >= 11 is 3.45. The highest BCUT2D eigenvalue weighted by atomic mass is 79.9. The summed E-state index contributed by atoms with van der Waals surface area (Å²) in [4.78, 5) is 14.5. The topological polar surface area (TPSA) is 50.8 Å². The molecule has 144 valence electrons. The molecular weight excluding hydrogens is 408 g/mol. The number of hydrogen-bond donors (Lipinski definition) is 1. The number of amides is 1. The van der Waals surface area contributed by atoms with Crippen molar-refractivity contribution in [3.8, 4) is 11.5 Å². The fraction of sp³-hybridized carbons (Fsp3) is 0.286. The second-order valence-corrected chi connectivity index (χ2v) is 6.63. The van der Waals surface area contributed by atoms with Crippen molar-refractivity contribution < 1.29 is 14.3 Å². The van der Waals surface area contributed by atoms with E-state index in [9.17, 15) is 4.79 Å². The van der Waals surface area contributed by atoms with Crippen molar-refractivity contribution >= 4 is 39.3 Å². The van der Waals surface area contributed by atoms with Gasteiger partial charge in [-0.25, -0.2) is 0 Å². The fourth-order valence-electron chi connectivity index (χ4n) is 2.73. The smallest absolute Gasteiger partial charge is 0.248 e. The number of carbonyl (C=O) groups is 1. The molecule has 0 bridgehead atoms. The number of carbonyl (C=O) groups excluding carboxylic acids is 1. The third-order valence-corrected chi connectivity index (χ3v) is 4.74. The number of rotatable bonds is 8. The molecule has 0 radical (unpaired) electrons. The normalized spacial score (nSPS) is 10.7. The van der Waals surface area contributed by atoms with Gasteiger partial charge < -0.3 is 19.7 Å². The van der Waals surface area contributed by atoms with Crippen molar-refractivity contribution in [3.05, 3.63) is 52.5 Å². The zero-order chi connectivity index (χ0) is 19.8. The Kier molecular flexibility index (Phi) is 7.73. The Morgan fingerprint density at radius 2 is 1.78 bits per heavy atom. The van der Waals surface area contributed by atoms with Gasteiger partial charge in [0.05, 0.1) is 18.7 Å². The average Bonchev–Trinajstić information content (AvgIpc) is 2.68. The molecule has 2 aromatic carbocycles. The van der Waals surface area contributed by atoms with E-state index in [-0.39, 0.29) is 5.91 Å². The van der Waals surface area contributed by atoms with Crippen LogP contribution in [0, 0.1) is 0 Å². The van der Waals surface area contributed by atoms with Crippen molar-refractivity contribution in [1.29, 1.82) is 0 Å². The van der Waals surface area contributed by atoms with E-state index in [1.165, 1.54) is 6.08 Å². The number of methoxy groups -OCH3 is 2. The highest BCUT2D eigenvalue weighted by molar-refractivity contribution is 9.10. The number of nitrogens with zero attached hydrogens (tertiary/aromatic N) is 1. The van der Waals surface area contributed by atoms with E-state index in [4.69, 9.17) is 9.47 Å². The van der Waals surface area contributed by atoms with E-state index in [2.05, 4.69) is 40.0 Å². The van der Waals surface area contributed by atoms with Crippen LogP contribution in [0.15, 0.2) is 46.9 Å². The fourth-order valence-corrected chi connectivity index (χ4v) is 3.36. The summed E-state index contributed by atoms with van der Waals surface area (Å²) in [7, 11) is 3.16. The first-order valence-electron chi connectivity index (χ1n) is 8.77. The average molecular weight is 433 g/mol. The quantitative estimate of drug-likeness (QED) is 0.598. The molecule has 0 heterocycles. The lowest BCUT2D eigenvalue weighted by Crippen LogP contribution is -2.21. The van der Waals surface area contributed by atoms with E-state index in [1.807, 2.05) is 36.4 Å². The molecule has 0 saturated carbocycles. The first-order valence-corrected chi connectivity index (χ1v) is 9.57. The zero-order valence-corrected chi connectivity index (χ0v) is 17.7. The molecule has 5 nitrogen and oxygen atoms in total. The molecule has 0 atom stereocenters. The molecule has 0 spiro atoms. The van der Waals surface area contributed by atoms with Crippen LogP contribution in [-0.4, -0.2) is 33.2 Å². The van der Waals surface area contributed by atoms with Crippen molar-refractivity contribution in [2.24, 2.45) is 0 Å². The molecule has 0 saturated heterocycles. The molecule has 0 aliphatic rings. The standard InChI is InChI=1S/C21H25BrN2O3/c1-5-24(6-2)17-10-8-16(9-11-17)23-20(25)12-7-15-13-18(22)21(27-4)19(14-15)26-3/h7-14H,5-6H2,1-4H3,(H,23,25). The molecule has 27 heavy (non-hydrogen) atoms. The van der Waals surface area contributed by atoms with Crippen LogP contribution in [0.3, 0.4) is 0 Å². The Morgan fingerprint density at radius 1 is 1.11 bits per heavy atom. The van der Waals surface area contributed by atoms with Crippen LogP contribution in [0.2, 0.25) is 0 Å². The zero-order valence-electron chi connectivity index (χ0n) is 16.1. The van der Waals surface area contributed by atoms with Crippen LogP contribution in [0.25, 0.3) is 6.08 Å². The molecule has 2 rings (SSSR count). The maximum Gasteiger partial charge on any atom is 0.248 e. The van der Waals surface area contributed by atoms with E-state index in [1.54, 1.807) is 20.3 Å². The van der Waals surface area contributed by atoms with Crippen LogP contribution >= 0.6 is 15.9 Å². The highest BCUT2D eigenvalue weighted by Crippen LogP contribution is 2.36. The third-order valence-electron chi connectivity index (χ3n) is 4.15. The number of benzene rings is 2. The molecule has 0 aliphatic heterocycles. The van der Waals surface area contributed by atoms with Gasteiger partial charge in [-0.1, -0.05) is 0 Å². The second-order valence-electron chi connectivity index (χ2n) is 5.78. The molecular formula is C21H25BrN2O3. The van der Waals surface area contributed by atoms with Gasteiger partial charge in [-0.3, -0.25) is 4.79 Å². The second kappa shape index (κ2) is 10.0. The summed E-state index contributed by atoms with van der Waals surface area (Å²) in [6.45, 7) is 6.14. The van der Waals surface area contributed by atoms with Crippen molar-refractivity contribution in [3.63, 3.8) is 0 Å². The Hall–Kier alpha value is -2.47. The maximum absolute atomic E-state index is 12.2. The number of halogens is 1. The van der Waals surface area contributed by atoms with Crippen molar-refractivity contribution in [2.45, 2.75) is 13.8 Å². The van der Waals surface area contributed by atoms with Crippen LogP contribution in [0.1, 0.15) is 19.4 Å². The SMILES string of the molecule is CCN(CC)c1ccc(NC(=O)C=Cc2cc(Br)c(OC)c(OC)c2)cc1. The van der Waals surface area contributed by atoms with Crippen LogP contribution in [-0.2, 0) is 4.79 Å². The number of ether oxygens (including phenoxy) is 2. The number of anilines is 2. The first-order chi connectivity index (χ1) is 13.0. The Morgan fingerprint density at radius 3 is 2.33 bits per heavy atom. The number of hydrogen-bond acceptors (Lipinski definition) is 4. The van der Waals surface area contributed by atoms with Gasteiger partial charge in [0.15, 0.2) is 11.5 Å². The lowest BCUT2D eigenvalue weighted by molar-refractivity contribution is -0.111. The summed E-state index contributed by atoms with van der Waals surface area (Å²) in [6, 6.07) is 11.5. The Balaban J connectivity index is 2.06. The maximum atomic E-state index is 12.2. The predicted molar refractivity (Wildman–Crippen MR) is 115 cm³/mol.